The van der Waals surface area contributed by atoms with Gasteiger partial charge in [0.25, 0.3) is 0 Å². The van der Waals surface area contributed by atoms with Gasteiger partial charge in [-0.3, -0.25) is 4.28 Å². The highest BCUT2D eigenvalue weighted by Gasteiger charge is 2.86. The Morgan fingerprint density at radius 1 is 0.862 bits per heavy atom. The molecule has 2 N–H and O–H groups in total. The fourth-order valence-electron chi connectivity index (χ4n) is 3.15. The summed E-state index contributed by atoms with van der Waals surface area (Å²) in [7, 11) is -7.30. The zero-order valence-corrected chi connectivity index (χ0v) is 14.2. The Kier molecular flexibility index (Phi) is 4.19. The van der Waals surface area contributed by atoms with Gasteiger partial charge in [0.05, 0.1) is 0 Å². The van der Waals surface area contributed by atoms with Gasteiger partial charge in [0.15, 0.2) is 0 Å². The molecule has 0 fully saturated rings. The van der Waals surface area contributed by atoms with Crippen molar-refractivity contribution in [1.82, 2.24) is 4.73 Å². The Hall–Kier alpha value is -2.26. The van der Waals surface area contributed by atoms with Gasteiger partial charge >= 0.3 is 33.4 Å². The van der Waals surface area contributed by atoms with Crippen LogP contribution < -0.4 is 4.28 Å². The van der Waals surface area contributed by atoms with E-state index in [1.54, 1.807) is 0 Å². The molecule has 0 saturated heterocycles. The van der Waals surface area contributed by atoms with E-state index < -0.39 is 61.7 Å². The average Bonchev–Trinajstić information content (AvgIpc) is 3.23. The molecule has 1 heterocycles. The normalized spacial score (nSPS) is 22.2. The smallest absolute Gasteiger partial charge is 0.460 e. The Labute approximate surface area is 154 Å². The van der Waals surface area contributed by atoms with Crippen molar-refractivity contribution in [2.45, 2.75) is 41.5 Å². The van der Waals surface area contributed by atoms with Crippen LogP contribution in [0.15, 0.2) is 12.2 Å². The number of aromatic nitrogens is 1. The number of nitrogens with zero attached hydrogens (tertiary/aromatic N) is 1. The van der Waals surface area contributed by atoms with Crippen molar-refractivity contribution in [1.29, 1.82) is 0 Å². The van der Waals surface area contributed by atoms with E-state index in [1.807, 2.05) is 0 Å². The third-order valence-corrected chi connectivity index (χ3v) is 5.81. The molecule has 0 spiro atoms. The predicted octanol–water partition coefficient (Wildman–Crippen LogP) is 3.22. The van der Waals surface area contributed by atoms with Crippen LogP contribution in [0.5, 0.6) is 11.8 Å². The van der Waals surface area contributed by atoms with Crippen LogP contribution in [0.3, 0.4) is 0 Å². The summed E-state index contributed by atoms with van der Waals surface area (Å²) < 4.78 is 142. The van der Waals surface area contributed by atoms with E-state index in [1.165, 1.54) is 12.2 Å². The molecule has 0 aliphatic heterocycles. The minimum Gasteiger partial charge on any atom is -0.492 e. The molecule has 2 aliphatic rings. The molecule has 0 saturated carbocycles. The molecule has 0 amide bonds. The van der Waals surface area contributed by atoms with Gasteiger partial charge in [-0.25, -0.2) is 0 Å². The standard InChI is InChI=1S/C13H8F9NO5S/c14-10(15,12(18,19)20)11(16,17)13(21,22)29(26,27)28-23-8(24)6-4-1-2-5(3-4)7(6)9(23)25/h1-2,4-5,24-25H,3H2. The van der Waals surface area contributed by atoms with Gasteiger partial charge in [0.1, 0.15) is 0 Å². The highest BCUT2D eigenvalue weighted by molar-refractivity contribution is 7.88. The third kappa shape index (κ3) is 2.53. The number of fused-ring (bicyclic) bond motifs is 5. The monoisotopic (exact) mass is 461 g/mol. The number of alkyl halides is 9. The fraction of sp³-hybridized carbons (Fsp3) is 0.538. The molecule has 0 radical (unpaired) electrons. The summed E-state index contributed by atoms with van der Waals surface area (Å²) in [5.41, 5.74) is -0.387. The van der Waals surface area contributed by atoms with Crippen molar-refractivity contribution < 1.29 is 62.4 Å². The summed E-state index contributed by atoms with van der Waals surface area (Å²) in [6, 6.07) is 0. The Morgan fingerprint density at radius 3 is 1.66 bits per heavy atom. The van der Waals surface area contributed by atoms with E-state index in [0.717, 1.165) is 0 Å². The molecule has 16 heteroatoms. The van der Waals surface area contributed by atoms with E-state index in [0.29, 0.717) is 6.42 Å². The molecular weight excluding hydrogens is 453 g/mol. The second kappa shape index (κ2) is 5.66. The maximum absolute atomic E-state index is 13.7. The summed E-state index contributed by atoms with van der Waals surface area (Å²) in [5, 5.41) is 12.7. The average molecular weight is 461 g/mol. The maximum atomic E-state index is 13.7. The van der Waals surface area contributed by atoms with Crippen molar-refractivity contribution in [2.24, 2.45) is 0 Å². The predicted molar refractivity (Wildman–Crippen MR) is 73.4 cm³/mol. The van der Waals surface area contributed by atoms with E-state index in [2.05, 4.69) is 4.28 Å². The van der Waals surface area contributed by atoms with Crippen LogP contribution in [-0.2, 0) is 10.1 Å². The summed E-state index contributed by atoms with van der Waals surface area (Å²) in [4.78, 5) is 0. The van der Waals surface area contributed by atoms with Gasteiger partial charge in [-0.2, -0.15) is 47.9 Å². The molecule has 2 atom stereocenters. The fourth-order valence-corrected chi connectivity index (χ4v) is 4.02. The molecule has 3 rings (SSSR count). The summed E-state index contributed by atoms with van der Waals surface area (Å²) >= 11 is 0. The van der Waals surface area contributed by atoms with Crippen molar-refractivity contribution in [3.8, 4) is 11.8 Å². The molecule has 0 aromatic carbocycles. The number of allylic oxidation sites excluding steroid dienone is 2. The third-order valence-electron chi connectivity index (χ3n) is 4.58. The lowest BCUT2D eigenvalue weighted by Gasteiger charge is -2.32. The van der Waals surface area contributed by atoms with Crippen LogP contribution in [0.4, 0.5) is 39.5 Å². The van der Waals surface area contributed by atoms with Crippen molar-refractivity contribution in [3.05, 3.63) is 23.3 Å². The van der Waals surface area contributed by atoms with Crippen LogP contribution in [-0.4, -0.2) is 46.6 Å². The van der Waals surface area contributed by atoms with Crippen molar-refractivity contribution in [2.75, 3.05) is 0 Å². The molecule has 29 heavy (non-hydrogen) atoms. The van der Waals surface area contributed by atoms with E-state index in [4.69, 9.17) is 0 Å². The molecule has 2 unspecified atom stereocenters. The summed E-state index contributed by atoms with van der Waals surface area (Å²) in [5.74, 6) is -18.8. The zero-order chi connectivity index (χ0) is 22.4. The van der Waals surface area contributed by atoms with Crippen LogP contribution in [0.1, 0.15) is 29.4 Å². The van der Waals surface area contributed by atoms with Gasteiger partial charge < -0.3 is 10.2 Å². The quantitative estimate of drug-likeness (QED) is 0.520. The lowest BCUT2D eigenvalue weighted by atomic mass is 10.0. The van der Waals surface area contributed by atoms with Crippen LogP contribution in [0, 0.1) is 0 Å². The minimum atomic E-state index is -7.50. The minimum absolute atomic E-state index is 0.194. The van der Waals surface area contributed by atoms with Crippen molar-refractivity contribution in [3.63, 3.8) is 0 Å². The first kappa shape index (κ1) is 21.4. The van der Waals surface area contributed by atoms with Crippen LogP contribution >= 0.6 is 0 Å². The molecule has 2 aliphatic carbocycles. The second-order valence-electron chi connectivity index (χ2n) is 6.29. The molecule has 1 aromatic heterocycles. The number of hydrogen-bond donors (Lipinski definition) is 2. The van der Waals surface area contributed by atoms with E-state index >= 15 is 0 Å². The number of halogens is 9. The molecule has 6 nitrogen and oxygen atoms in total. The molecule has 2 bridgehead atoms. The molecule has 1 aromatic rings. The van der Waals surface area contributed by atoms with Gasteiger partial charge in [-0.1, -0.05) is 16.9 Å². The Balaban J connectivity index is 2.03. The lowest BCUT2D eigenvalue weighted by Crippen LogP contribution is -2.64. The number of hydrogen-bond acceptors (Lipinski definition) is 5. The van der Waals surface area contributed by atoms with Crippen LogP contribution in [0.2, 0.25) is 0 Å². The largest absolute Gasteiger partial charge is 0.492 e. The van der Waals surface area contributed by atoms with E-state index in [9.17, 15) is 58.1 Å². The first-order valence-electron chi connectivity index (χ1n) is 7.38. The maximum Gasteiger partial charge on any atom is 0.460 e. The first-order valence-corrected chi connectivity index (χ1v) is 8.78. The highest BCUT2D eigenvalue weighted by Crippen LogP contribution is 2.57. The summed E-state index contributed by atoms with van der Waals surface area (Å²) in [6.07, 6.45) is -3.97. The zero-order valence-electron chi connectivity index (χ0n) is 13.4. The van der Waals surface area contributed by atoms with Gasteiger partial charge in [0.2, 0.25) is 11.8 Å². The van der Waals surface area contributed by atoms with Crippen LogP contribution in [0.25, 0.3) is 0 Å². The van der Waals surface area contributed by atoms with Gasteiger partial charge in [-0.15, -0.1) is 0 Å². The van der Waals surface area contributed by atoms with Gasteiger partial charge in [0, 0.05) is 23.0 Å². The van der Waals surface area contributed by atoms with E-state index in [-0.39, 0.29) is 11.1 Å². The van der Waals surface area contributed by atoms with Gasteiger partial charge in [-0.05, 0) is 6.42 Å². The number of rotatable bonds is 5. The van der Waals surface area contributed by atoms with Crippen molar-refractivity contribution >= 4 is 10.1 Å². The first-order chi connectivity index (χ1) is 12.9. The molecular formula is C13H8F9NO5S. The lowest BCUT2D eigenvalue weighted by molar-refractivity contribution is -0.382. The molecule has 164 valence electrons. The Bertz CT molecular complexity index is 960. The Morgan fingerprint density at radius 2 is 1.28 bits per heavy atom. The number of aromatic hydroxyl groups is 2. The second-order valence-corrected chi connectivity index (χ2v) is 7.86. The summed E-state index contributed by atoms with van der Waals surface area (Å²) in [6.45, 7) is 0. The SMILES string of the molecule is O=S(=O)(On1c(O)c2c(c1O)C1C=CC2C1)C(F)(F)C(F)(F)C(F)(F)C(F)(F)F. The topological polar surface area (TPSA) is 88.8 Å². The highest BCUT2D eigenvalue weighted by atomic mass is 32.2.